The number of piperidine rings is 1. The van der Waals surface area contributed by atoms with Crippen LogP contribution >= 0.6 is 0 Å². The van der Waals surface area contributed by atoms with Gasteiger partial charge in [0.15, 0.2) is 0 Å². The number of amides is 1. The zero-order valence-electron chi connectivity index (χ0n) is 15.0. The number of rotatable bonds is 3. The summed E-state index contributed by atoms with van der Waals surface area (Å²) >= 11 is 0. The van der Waals surface area contributed by atoms with E-state index in [0.717, 1.165) is 58.4 Å². The number of morpholine rings is 1. The lowest BCUT2D eigenvalue weighted by Gasteiger charge is -2.39. The van der Waals surface area contributed by atoms with Crippen molar-refractivity contribution in [1.29, 1.82) is 0 Å². The van der Waals surface area contributed by atoms with E-state index in [4.69, 9.17) is 4.74 Å². The molecule has 5 atom stereocenters. The lowest BCUT2D eigenvalue weighted by atomic mass is 9.91. The van der Waals surface area contributed by atoms with Crippen molar-refractivity contribution in [2.24, 2.45) is 5.92 Å². The SMILES string of the molecule is CC1CN(CC2CCCN2C(=O)[C@H]2CCN[C@@H](C)C2)CC(C)O1. The largest absolute Gasteiger partial charge is 0.373 e. The van der Waals surface area contributed by atoms with Gasteiger partial charge in [0.25, 0.3) is 0 Å². The molecule has 23 heavy (non-hydrogen) atoms. The van der Waals surface area contributed by atoms with E-state index in [1.807, 2.05) is 0 Å². The third-order valence-corrected chi connectivity index (χ3v) is 5.60. The molecule has 3 aliphatic heterocycles. The van der Waals surface area contributed by atoms with Gasteiger partial charge in [-0.2, -0.15) is 0 Å². The van der Waals surface area contributed by atoms with Gasteiger partial charge in [0.05, 0.1) is 12.2 Å². The summed E-state index contributed by atoms with van der Waals surface area (Å²) in [5, 5.41) is 3.45. The second kappa shape index (κ2) is 7.49. The van der Waals surface area contributed by atoms with Crippen molar-refractivity contribution in [2.45, 2.75) is 70.7 Å². The van der Waals surface area contributed by atoms with E-state index >= 15 is 0 Å². The van der Waals surface area contributed by atoms with Crippen LogP contribution in [0.25, 0.3) is 0 Å². The number of carbonyl (C=O) groups is 1. The molecule has 0 aromatic heterocycles. The van der Waals surface area contributed by atoms with Crippen LogP contribution in [0.4, 0.5) is 0 Å². The summed E-state index contributed by atoms with van der Waals surface area (Å²) in [6.07, 6.45) is 4.91. The third-order valence-electron chi connectivity index (χ3n) is 5.60. The van der Waals surface area contributed by atoms with Gasteiger partial charge in [0.1, 0.15) is 0 Å². The fourth-order valence-corrected chi connectivity index (χ4v) is 4.64. The van der Waals surface area contributed by atoms with Gasteiger partial charge >= 0.3 is 0 Å². The number of ether oxygens (including phenoxy) is 1. The Labute approximate surface area is 140 Å². The van der Waals surface area contributed by atoms with Crippen molar-refractivity contribution < 1.29 is 9.53 Å². The van der Waals surface area contributed by atoms with Crippen LogP contribution in [0.15, 0.2) is 0 Å². The van der Waals surface area contributed by atoms with Gasteiger partial charge in [0.2, 0.25) is 5.91 Å². The van der Waals surface area contributed by atoms with E-state index in [1.165, 1.54) is 0 Å². The quantitative estimate of drug-likeness (QED) is 0.854. The molecule has 5 nitrogen and oxygen atoms in total. The fraction of sp³-hybridized carbons (Fsp3) is 0.944. The van der Waals surface area contributed by atoms with Gasteiger partial charge in [-0.25, -0.2) is 0 Å². The molecule has 0 bridgehead atoms. The van der Waals surface area contributed by atoms with Crippen molar-refractivity contribution in [2.75, 3.05) is 32.7 Å². The molecule has 1 N–H and O–H groups in total. The van der Waals surface area contributed by atoms with Crippen molar-refractivity contribution in [3.8, 4) is 0 Å². The lowest BCUT2D eigenvalue weighted by molar-refractivity contribution is -0.138. The maximum Gasteiger partial charge on any atom is 0.226 e. The molecule has 3 saturated heterocycles. The first-order valence-electron chi connectivity index (χ1n) is 9.44. The van der Waals surface area contributed by atoms with Crippen LogP contribution in [0.2, 0.25) is 0 Å². The monoisotopic (exact) mass is 323 g/mol. The highest BCUT2D eigenvalue weighted by molar-refractivity contribution is 5.79. The van der Waals surface area contributed by atoms with Crippen LogP contribution in [0.1, 0.15) is 46.5 Å². The Morgan fingerprint density at radius 1 is 1.17 bits per heavy atom. The highest BCUT2D eigenvalue weighted by Crippen LogP contribution is 2.26. The van der Waals surface area contributed by atoms with Gasteiger partial charge in [-0.15, -0.1) is 0 Å². The number of nitrogens with zero attached hydrogens (tertiary/aromatic N) is 2. The molecule has 0 aliphatic carbocycles. The lowest BCUT2D eigenvalue weighted by Crippen LogP contribution is -2.52. The van der Waals surface area contributed by atoms with Gasteiger partial charge in [-0.05, 0) is 53.0 Å². The van der Waals surface area contributed by atoms with E-state index in [0.29, 0.717) is 30.2 Å². The first-order valence-corrected chi connectivity index (χ1v) is 9.44. The molecule has 3 aliphatic rings. The number of nitrogens with one attached hydrogen (secondary N) is 1. The second-order valence-corrected chi connectivity index (χ2v) is 7.88. The maximum atomic E-state index is 13.0. The number of hydrogen-bond donors (Lipinski definition) is 1. The van der Waals surface area contributed by atoms with E-state index in [-0.39, 0.29) is 5.92 Å². The van der Waals surface area contributed by atoms with Crippen molar-refractivity contribution in [3.63, 3.8) is 0 Å². The smallest absolute Gasteiger partial charge is 0.226 e. The molecule has 0 saturated carbocycles. The molecule has 3 fully saturated rings. The van der Waals surface area contributed by atoms with Crippen molar-refractivity contribution in [1.82, 2.24) is 15.1 Å². The molecule has 0 spiro atoms. The van der Waals surface area contributed by atoms with Crippen LogP contribution in [0.3, 0.4) is 0 Å². The molecule has 0 aromatic rings. The van der Waals surface area contributed by atoms with Crippen LogP contribution in [0, 0.1) is 5.92 Å². The summed E-state index contributed by atoms with van der Waals surface area (Å²) in [5.74, 6) is 0.643. The van der Waals surface area contributed by atoms with Crippen LogP contribution < -0.4 is 5.32 Å². The molecule has 3 heterocycles. The number of carbonyl (C=O) groups excluding carboxylic acids is 1. The van der Waals surface area contributed by atoms with Gasteiger partial charge in [0, 0.05) is 44.2 Å². The predicted molar refractivity (Wildman–Crippen MR) is 91.4 cm³/mol. The minimum Gasteiger partial charge on any atom is -0.373 e. The standard InChI is InChI=1S/C18H33N3O2/c1-13-9-16(6-7-19-13)18(22)21-8-4-5-17(21)12-20-10-14(2)23-15(3)11-20/h13-17,19H,4-12H2,1-3H3/t13-,14?,15?,16-,17?/m0/s1. The maximum absolute atomic E-state index is 13.0. The minimum atomic E-state index is 0.231. The first-order chi connectivity index (χ1) is 11.0. The van der Waals surface area contributed by atoms with Crippen molar-refractivity contribution >= 4 is 5.91 Å². The molecular formula is C18H33N3O2. The zero-order chi connectivity index (χ0) is 16.4. The summed E-state index contributed by atoms with van der Waals surface area (Å²) in [6, 6.07) is 0.880. The van der Waals surface area contributed by atoms with Crippen LogP contribution in [0.5, 0.6) is 0 Å². The highest BCUT2D eigenvalue weighted by Gasteiger charge is 2.36. The summed E-state index contributed by atoms with van der Waals surface area (Å²) < 4.78 is 5.83. The fourth-order valence-electron chi connectivity index (χ4n) is 4.64. The molecule has 5 heteroatoms. The molecule has 0 radical (unpaired) electrons. The van der Waals surface area contributed by atoms with E-state index in [2.05, 4.69) is 35.9 Å². The Bertz CT molecular complexity index is 407. The van der Waals surface area contributed by atoms with E-state index in [9.17, 15) is 4.79 Å². The molecule has 132 valence electrons. The topological polar surface area (TPSA) is 44.8 Å². The van der Waals surface area contributed by atoms with Gasteiger partial charge in [-0.3, -0.25) is 9.69 Å². The summed E-state index contributed by atoms with van der Waals surface area (Å²) in [4.78, 5) is 17.7. The van der Waals surface area contributed by atoms with E-state index in [1.54, 1.807) is 0 Å². The molecule has 3 unspecified atom stereocenters. The number of hydrogen-bond acceptors (Lipinski definition) is 4. The normalized spacial score (nSPS) is 39.6. The van der Waals surface area contributed by atoms with Crippen LogP contribution in [-0.2, 0) is 9.53 Å². The van der Waals surface area contributed by atoms with Gasteiger partial charge < -0.3 is 15.0 Å². The second-order valence-electron chi connectivity index (χ2n) is 7.88. The zero-order valence-corrected chi connectivity index (χ0v) is 15.0. The Morgan fingerprint density at radius 2 is 1.91 bits per heavy atom. The summed E-state index contributed by atoms with van der Waals surface area (Å²) in [6.45, 7) is 11.4. The molecular weight excluding hydrogens is 290 g/mol. The highest BCUT2D eigenvalue weighted by atomic mass is 16.5. The Kier molecular flexibility index (Phi) is 5.60. The first kappa shape index (κ1) is 17.2. The Morgan fingerprint density at radius 3 is 2.61 bits per heavy atom. The Hall–Kier alpha value is -0.650. The average Bonchev–Trinajstić information content (AvgIpc) is 2.93. The average molecular weight is 323 g/mol. The molecule has 1 amide bonds. The molecule has 3 rings (SSSR count). The molecule has 0 aromatic carbocycles. The van der Waals surface area contributed by atoms with Crippen LogP contribution in [-0.4, -0.2) is 72.7 Å². The summed E-state index contributed by atoms with van der Waals surface area (Å²) in [7, 11) is 0. The Balaban J connectivity index is 1.57. The number of likely N-dealkylation sites (tertiary alicyclic amines) is 1. The summed E-state index contributed by atoms with van der Waals surface area (Å²) in [5.41, 5.74) is 0. The van der Waals surface area contributed by atoms with Crippen molar-refractivity contribution in [3.05, 3.63) is 0 Å². The van der Waals surface area contributed by atoms with E-state index < -0.39 is 0 Å². The van der Waals surface area contributed by atoms with Gasteiger partial charge in [-0.1, -0.05) is 0 Å². The minimum absolute atomic E-state index is 0.231. The third kappa shape index (κ3) is 4.25. The predicted octanol–water partition coefficient (Wildman–Crippen LogP) is 1.47.